The number of nitrogens with one attached hydrogen (secondary N) is 2. The van der Waals surface area contributed by atoms with Crippen molar-refractivity contribution in [2.75, 3.05) is 11.9 Å². The summed E-state index contributed by atoms with van der Waals surface area (Å²) in [5.41, 5.74) is 2.91. The lowest BCUT2D eigenvalue weighted by molar-refractivity contribution is 0.0654. The third kappa shape index (κ3) is 5.52. The van der Waals surface area contributed by atoms with E-state index in [4.69, 9.17) is 4.74 Å². The summed E-state index contributed by atoms with van der Waals surface area (Å²) < 4.78 is 5.64. The van der Waals surface area contributed by atoms with Crippen LogP contribution in [-0.4, -0.2) is 29.9 Å². The van der Waals surface area contributed by atoms with E-state index < -0.39 is 0 Å². The van der Waals surface area contributed by atoms with Gasteiger partial charge in [0.05, 0.1) is 18.8 Å². The molecule has 5 nitrogen and oxygen atoms in total. The Hall–Kier alpha value is -1.59. The standard InChI is InChI=1S/C18H28N2O3/c1-12(2)23-11-15-5-4-6-17(13(15)3)20-18(22)19-10-14-7-8-16(21)9-14/h4-6,12,14,16,21H,7-11H2,1-3H3,(H2,19,20,22). The Bertz CT molecular complexity index is 531. The minimum atomic E-state index is -0.204. The van der Waals surface area contributed by atoms with Crippen LogP contribution in [0.25, 0.3) is 0 Å². The number of aliphatic hydroxyl groups excluding tert-OH is 1. The Morgan fingerprint density at radius 2 is 2.17 bits per heavy atom. The van der Waals surface area contributed by atoms with Crippen LogP contribution in [0, 0.1) is 12.8 Å². The first kappa shape index (κ1) is 17.8. The van der Waals surface area contributed by atoms with E-state index in [0.29, 0.717) is 19.1 Å². The molecule has 0 spiro atoms. The predicted molar refractivity (Wildman–Crippen MR) is 91.5 cm³/mol. The number of carbonyl (C=O) groups excluding carboxylic acids is 1. The summed E-state index contributed by atoms with van der Waals surface area (Å²) in [5, 5.41) is 15.3. The number of aliphatic hydroxyl groups is 1. The zero-order valence-electron chi connectivity index (χ0n) is 14.3. The summed E-state index contributed by atoms with van der Waals surface area (Å²) in [5.74, 6) is 0.377. The SMILES string of the molecule is Cc1c(COC(C)C)cccc1NC(=O)NCC1CCC(O)C1. The summed E-state index contributed by atoms with van der Waals surface area (Å²) >= 11 is 0. The van der Waals surface area contributed by atoms with Crippen molar-refractivity contribution in [2.24, 2.45) is 5.92 Å². The van der Waals surface area contributed by atoms with E-state index >= 15 is 0 Å². The highest BCUT2D eigenvalue weighted by Crippen LogP contribution is 2.24. The van der Waals surface area contributed by atoms with Gasteiger partial charge in [-0.3, -0.25) is 0 Å². The van der Waals surface area contributed by atoms with Gasteiger partial charge in [-0.05, 0) is 63.1 Å². The molecule has 1 aliphatic carbocycles. The molecule has 0 heterocycles. The Morgan fingerprint density at radius 3 is 2.83 bits per heavy atom. The number of benzene rings is 1. The van der Waals surface area contributed by atoms with Gasteiger partial charge in [0.25, 0.3) is 0 Å². The van der Waals surface area contributed by atoms with Crippen molar-refractivity contribution in [3.8, 4) is 0 Å². The molecular weight excluding hydrogens is 292 g/mol. The maximum atomic E-state index is 12.1. The van der Waals surface area contributed by atoms with E-state index in [-0.39, 0.29) is 18.2 Å². The maximum Gasteiger partial charge on any atom is 0.319 e. The molecule has 23 heavy (non-hydrogen) atoms. The molecule has 0 radical (unpaired) electrons. The van der Waals surface area contributed by atoms with Gasteiger partial charge in [0.15, 0.2) is 0 Å². The third-order valence-corrected chi connectivity index (χ3v) is 4.33. The quantitative estimate of drug-likeness (QED) is 0.754. The van der Waals surface area contributed by atoms with Gasteiger partial charge < -0.3 is 20.5 Å². The van der Waals surface area contributed by atoms with Crippen molar-refractivity contribution in [3.05, 3.63) is 29.3 Å². The second-order valence-electron chi connectivity index (χ2n) is 6.62. The number of ether oxygens (including phenoxy) is 1. The highest BCUT2D eigenvalue weighted by atomic mass is 16.5. The number of hydrogen-bond donors (Lipinski definition) is 3. The van der Waals surface area contributed by atoms with Crippen LogP contribution in [-0.2, 0) is 11.3 Å². The number of anilines is 1. The van der Waals surface area contributed by atoms with Crippen molar-refractivity contribution in [2.45, 2.75) is 58.8 Å². The molecule has 0 aliphatic heterocycles. The Morgan fingerprint density at radius 1 is 1.39 bits per heavy atom. The number of urea groups is 1. The molecule has 1 aromatic rings. The summed E-state index contributed by atoms with van der Waals surface area (Å²) in [6, 6.07) is 5.64. The molecule has 0 bridgehead atoms. The molecule has 0 aromatic heterocycles. The topological polar surface area (TPSA) is 70.6 Å². The minimum Gasteiger partial charge on any atom is -0.393 e. The van der Waals surface area contributed by atoms with Gasteiger partial charge in [-0.2, -0.15) is 0 Å². The van der Waals surface area contributed by atoms with Crippen LogP contribution in [0.3, 0.4) is 0 Å². The van der Waals surface area contributed by atoms with Crippen LogP contribution in [0.15, 0.2) is 18.2 Å². The van der Waals surface area contributed by atoms with Gasteiger partial charge in [-0.25, -0.2) is 4.79 Å². The molecule has 2 atom stereocenters. The first-order valence-corrected chi connectivity index (χ1v) is 8.38. The molecule has 1 fully saturated rings. The molecule has 3 N–H and O–H groups in total. The second-order valence-corrected chi connectivity index (χ2v) is 6.62. The van der Waals surface area contributed by atoms with Crippen LogP contribution in [0.5, 0.6) is 0 Å². The average Bonchev–Trinajstić information content (AvgIpc) is 2.91. The Labute approximate surface area is 138 Å². The largest absolute Gasteiger partial charge is 0.393 e. The predicted octanol–water partition coefficient (Wildman–Crippen LogP) is 3.20. The molecular formula is C18H28N2O3. The summed E-state index contributed by atoms with van der Waals surface area (Å²) in [4.78, 5) is 12.1. The fraction of sp³-hybridized carbons (Fsp3) is 0.611. The van der Waals surface area contributed by atoms with Gasteiger partial charge in [-0.15, -0.1) is 0 Å². The summed E-state index contributed by atoms with van der Waals surface area (Å²) in [6.07, 6.45) is 2.57. The highest BCUT2D eigenvalue weighted by molar-refractivity contribution is 5.90. The number of carbonyl (C=O) groups is 1. The Balaban J connectivity index is 1.86. The van der Waals surface area contributed by atoms with Crippen LogP contribution < -0.4 is 10.6 Å². The lowest BCUT2D eigenvalue weighted by Crippen LogP contribution is -2.32. The summed E-state index contributed by atoms with van der Waals surface area (Å²) in [6.45, 7) is 7.15. The van der Waals surface area contributed by atoms with E-state index in [0.717, 1.165) is 36.1 Å². The van der Waals surface area contributed by atoms with Crippen molar-refractivity contribution >= 4 is 11.7 Å². The van der Waals surface area contributed by atoms with E-state index in [1.807, 2.05) is 39.0 Å². The van der Waals surface area contributed by atoms with Crippen LogP contribution in [0.2, 0.25) is 0 Å². The first-order valence-electron chi connectivity index (χ1n) is 8.38. The lowest BCUT2D eigenvalue weighted by atomic mass is 10.1. The number of amides is 2. The van der Waals surface area contributed by atoms with E-state index in [2.05, 4.69) is 10.6 Å². The molecule has 2 rings (SSSR count). The van der Waals surface area contributed by atoms with Gasteiger partial charge in [0, 0.05) is 12.2 Å². The molecule has 5 heteroatoms. The van der Waals surface area contributed by atoms with Gasteiger partial charge in [-0.1, -0.05) is 12.1 Å². The third-order valence-electron chi connectivity index (χ3n) is 4.33. The average molecular weight is 320 g/mol. The van der Waals surface area contributed by atoms with E-state index in [1.165, 1.54) is 0 Å². The fourth-order valence-corrected chi connectivity index (χ4v) is 2.87. The van der Waals surface area contributed by atoms with Crippen molar-refractivity contribution in [1.82, 2.24) is 5.32 Å². The zero-order chi connectivity index (χ0) is 16.8. The normalized spacial score (nSPS) is 20.7. The maximum absolute atomic E-state index is 12.1. The lowest BCUT2D eigenvalue weighted by Gasteiger charge is -2.15. The monoisotopic (exact) mass is 320 g/mol. The smallest absolute Gasteiger partial charge is 0.319 e. The fourth-order valence-electron chi connectivity index (χ4n) is 2.87. The molecule has 2 unspecified atom stereocenters. The number of rotatable bonds is 6. The molecule has 1 aliphatic rings. The molecule has 128 valence electrons. The van der Waals surface area contributed by atoms with Gasteiger partial charge in [0.1, 0.15) is 0 Å². The molecule has 2 amide bonds. The minimum absolute atomic E-state index is 0.177. The molecule has 1 aromatic carbocycles. The molecule has 0 saturated heterocycles. The van der Waals surface area contributed by atoms with E-state index in [1.54, 1.807) is 0 Å². The molecule has 1 saturated carbocycles. The van der Waals surface area contributed by atoms with Crippen molar-refractivity contribution < 1.29 is 14.6 Å². The van der Waals surface area contributed by atoms with Crippen LogP contribution in [0.4, 0.5) is 10.5 Å². The Kier molecular flexibility index (Phi) is 6.42. The summed E-state index contributed by atoms with van der Waals surface area (Å²) in [7, 11) is 0. The highest BCUT2D eigenvalue weighted by Gasteiger charge is 2.23. The number of hydrogen-bond acceptors (Lipinski definition) is 3. The van der Waals surface area contributed by atoms with Crippen LogP contribution >= 0.6 is 0 Å². The first-order chi connectivity index (χ1) is 11.0. The van der Waals surface area contributed by atoms with Crippen molar-refractivity contribution in [1.29, 1.82) is 0 Å². The van der Waals surface area contributed by atoms with Crippen LogP contribution in [0.1, 0.15) is 44.2 Å². The van der Waals surface area contributed by atoms with E-state index in [9.17, 15) is 9.90 Å². The van der Waals surface area contributed by atoms with Crippen molar-refractivity contribution in [3.63, 3.8) is 0 Å². The zero-order valence-corrected chi connectivity index (χ0v) is 14.3. The van der Waals surface area contributed by atoms with Gasteiger partial charge in [0.2, 0.25) is 0 Å². The second kappa shape index (κ2) is 8.31. The van der Waals surface area contributed by atoms with Gasteiger partial charge >= 0.3 is 6.03 Å².